The first-order valence-electron chi connectivity index (χ1n) is 8.27. The van der Waals surface area contributed by atoms with Gasteiger partial charge in [0, 0.05) is 18.0 Å². The Labute approximate surface area is 165 Å². The molecule has 2 heterocycles. The number of hydrogen-bond acceptors (Lipinski definition) is 5. The Morgan fingerprint density at radius 3 is 2.69 bits per heavy atom. The number of rotatable bonds is 4. The summed E-state index contributed by atoms with van der Waals surface area (Å²) >= 11 is 13.3. The number of carbonyl (C=O) groups excluding carboxylic acids is 2. The number of benzene rings is 1. The molecule has 2 aromatic rings. The molecule has 1 aromatic heterocycles. The Bertz CT molecular complexity index is 840. The van der Waals surface area contributed by atoms with Crippen LogP contribution in [-0.2, 0) is 4.79 Å². The van der Waals surface area contributed by atoms with Gasteiger partial charge in [0.2, 0.25) is 11.0 Å². The van der Waals surface area contributed by atoms with Gasteiger partial charge >= 0.3 is 0 Å². The van der Waals surface area contributed by atoms with Crippen LogP contribution in [0, 0.1) is 0 Å². The Balaban J connectivity index is 1.73. The Morgan fingerprint density at radius 2 is 2.04 bits per heavy atom. The fourth-order valence-electron chi connectivity index (χ4n) is 2.78. The van der Waals surface area contributed by atoms with E-state index in [1.54, 1.807) is 17.0 Å². The fourth-order valence-corrected chi connectivity index (χ4v) is 3.83. The average molecular weight is 413 g/mol. The molecule has 1 fully saturated rings. The maximum atomic E-state index is 12.8. The molecule has 0 saturated carbocycles. The summed E-state index contributed by atoms with van der Waals surface area (Å²) in [6, 6.07) is 4.18. The summed E-state index contributed by atoms with van der Waals surface area (Å²) in [4.78, 5) is 27.0. The number of hydrogen-bond donors (Lipinski definition) is 1. The molecule has 2 amide bonds. The molecular weight excluding hydrogens is 395 g/mol. The van der Waals surface area contributed by atoms with Crippen LogP contribution in [0.1, 0.15) is 48.0 Å². The highest BCUT2D eigenvalue weighted by Gasteiger charge is 2.35. The highest BCUT2D eigenvalue weighted by atomic mass is 35.5. The van der Waals surface area contributed by atoms with Gasteiger partial charge in [0.15, 0.2) is 0 Å². The van der Waals surface area contributed by atoms with Crippen LogP contribution >= 0.6 is 34.5 Å². The smallest absolute Gasteiger partial charge is 0.254 e. The molecule has 1 aromatic carbocycles. The standard InChI is InChI=1S/C17H18Cl2N4O2S/c1-9(2)15-21-22-17(26-15)20-14(24)13-4-3-7-23(13)16(25)10-5-6-11(18)12(19)8-10/h5-6,8-9,13H,3-4,7H2,1-2H3,(H,20,22,24). The third-order valence-electron chi connectivity index (χ3n) is 4.15. The van der Waals surface area contributed by atoms with Gasteiger partial charge in [-0.1, -0.05) is 48.4 Å². The molecule has 3 rings (SSSR count). The van der Waals surface area contributed by atoms with Crippen LogP contribution in [0.5, 0.6) is 0 Å². The molecule has 1 unspecified atom stereocenters. The highest BCUT2D eigenvalue weighted by Crippen LogP contribution is 2.27. The van der Waals surface area contributed by atoms with Crippen LogP contribution in [0.4, 0.5) is 5.13 Å². The van der Waals surface area contributed by atoms with Crippen molar-refractivity contribution in [3.05, 3.63) is 38.8 Å². The van der Waals surface area contributed by atoms with Crippen molar-refractivity contribution >= 4 is 51.5 Å². The van der Waals surface area contributed by atoms with Crippen LogP contribution in [0.2, 0.25) is 10.0 Å². The molecule has 26 heavy (non-hydrogen) atoms. The van der Waals surface area contributed by atoms with E-state index < -0.39 is 6.04 Å². The molecule has 1 atom stereocenters. The van der Waals surface area contributed by atoms with E-state index in [-0.39, 0.29) is 17.7 Å². The van der Waals surface area contributed by atoms with E-state index in [0.717, 1.165) is 11.4 Å². The number of nitrogens with zero attached hydrogens (tertiary/aromatic N) is 3. The van der Waals surface area contributed by atoms with Gasteiger partial charge in [0.1, 0.15) is 11.0 Å². The summed E-state index contributed by atoms with van der Waals surface area (Å²) < 4.78 is 0. The second kappa shape index (κ2) is 7.90. The predicted octanol–water partition coefficient (Wildman–Crippen LogP) is 4.21. The molecule has 9 heteroatoms. The summed E-state index contributed by atoms with van der Waals surface area (Å²) in [5.74, 6) is -0.235. The van der Waals surface area contributed by atoms with Gasteiger partial charge < -0.3 is 4.90 Å². The first-order chi connectivity index (χ1) is 12.4. The van der Waals surface area contributed by atoms with Gasteiger partial charge in [-0.3, -0.25) is 14.9 Å². The Kier molecular flexibility index (Phi) is 5.79. The summed E-state index contributed by atoms with van der Waals surface area (Å²) in [7, 11) is 0. The van der Waals surface area contributed by atoms with Crippen molar-refractivity contribution in [2.75, 3.05) is 11.9 Å². The second-order valence-corrected chi connectivity index (χ2v) is 8.20. The van der Waals surface area contributed by atoms with E-state index in [9.17, 15) is 9.59 Å². The molecule has 1 N–H and O–H groups in total. The van der Waals surface area contributed by atoms with Crippen LogP contribution in [0.3, 0.4) is 0 Å². The molecule has 1 aliphatic heterocycles. The molecule has 1 saturated heterocycles. The maximum Gasteiger partial charge on any atom is 0.254 e. The van der Waals surface area contributed by atoms with Crippen LogP contribution in [0.25, 0.3) is 0 Å². The number of likely N-dealkylation sites (tertiary alicyclic amines) is 1. The maximum absolute atomic E-state index is 12.8. The Hall–Kier alpha value is -1.70. The zero-order chi connectivity index (χ0) is 18.8. The van der Waals surface area contributed by atoms with Crippen LogP contribution < -0.4 is 5.32 Å². The van der Waals surface area contributed by atoms with Gasteiger partial charge in [-0.2, -0.15) is 0 Å². The number of aromatic nitrogens is 2. The van der Waals surface area contributed by atoms with E-state index in [0.29, 0.717) is 33.7 Å². The average Bonchev–Trinajstić information content (AvgIpc) is 3.25. The van der Waals surface area contributed by atoms with Crippen molar-refractivity contribution in [2.24, 2.45) is 0 Å². The van der Waals surface area contributed by atoms with Gasteiger partial charge in [-0.15, -0.1) is 10.2 Å². The molecule has 0 spiro atoms. The third kappa shape index (κ3) is 4.00. The van der Waals surface area contributed by atoms with Gasteiger partial charge in [0.05, 0.1) is 10.0 Å². The lowest BCUT2D eigenvalue weighted by atomic mass is 10.1. The van der Waals surface area contributed by atoms with E-state index in [2.05, 4.69) is 15.5 Å². The highest BCUT2D eigenvalue weighted by molar-refractivity contribution is 7.15. The number of halogens is 2. The minimum absolute atomic E-state index is 0.235. The summed E-state index contributed by atoms with van der Waals surface area (Å²) in [5.41, 5.74) is 0.414. The quantitative estimate of drug-likeness (QED) is 0.815. The number of carbonyl (C=O) groups is 2. The topological polar surface area (TPSA) is 75.2 Å². The van der Waals surface area contributed by atoms with Crippen molar-refractivity contribution in [3.8, 4) is 0 Å². The minimum Gasteiger partial charge on any atom is -0.327 e. The lowest BCUT2D eigenvalue weighted by Gasteiger charge is -2.23. The van der Waals surface area contributed by atoms with Gasteiger partial charge in [-0.25, -0.2) is 0 Å². The first kappa shape index (κ1) is 19.1. The van der Waals surface area contributed by atoms with E-state index in [1.807, 2.05) is 13.8 Å². The van der Waals surface area contributed by atoms with Crippen molar-refractivity contribution < 1.29 is 9.59 Å². The van der Waals surface area contributed by atoms with E-state index in [4.69, 9.17) is 23.2 Å². The van der Waals surface area contributed by atoms with Crippen molar-refractivity contribution in [2.45, 2.75) is 38.6 Å². The lowest BCUT2D eigenvalue weighted by molar-refractivity contribution is -0.119. The zero-order valence-electron chi connectivity index (χ0n) is 14.3. The summed E-state index contributed by atoms with van der Waals surface area (Å²) in [5, 5.41) is 12.8. The Morgan fingerprint density at radius 1 is 1.27 bits per heavy atom. The van der Waals surface area contributed by atoms with Crippen molar-refractivity contribution in [1.82, 2.24) is 15.1 Å². The molecule has 6 nitrogen and oxygen atoms in total. The number of anilines is 1. The first-order valence-corrected chi connectivity index (χ1v) is 9.84. The SMILES string of the molecule is CC(C)c1nnc(NC(=O)C2CCCN2C(=O)c2ccc(Cl)c(Cl)c2)s1. The molecule has 0 bridgehead atoms. The predicted molar refractivity (Wildman–Crippen MR) is 103 cm³/mol. The molecule has 1 aliphatic rings. The molecule has 0 radical (unpaired) electrons. The van der Waals surface area contributed by atoms with Crippen LogP contribution in [-0.4, -0.2) is 39.5 Å². The summed E-state index contributed by atoms with van der Waals surface area (Å²) in [6.45, 7) is 4.55. The lowest BCUT2D eigenvalue weighted by Crippen LogP contribution is -2.43. The number of nitrogens with one attached hydrogen (secondary N) is 1. The van der Waals surface area contributed by atoms with Crippen molar-refractivity contribution in [1.29, 1.82) is 0 Å². The molecule has 138 valence electrons. The fraction of sp³-hybridized carbons (Fsp3) is 0.412. The normalized spacial score (nSPS) is 17.0. The van der Waals surface area contributed by atoms with E-state index >= 15 is 0 Å². The van der Waals surface area contributed by atoms with Crippen molar-refractivity contribution in [3.63, 3.8) is 0 Å². The largest absolute Gasteiger partial charge is 0.327 e. The monoisotopic (exact) mass is 412 g/mol. The molecule has 0 aliphatic carbocycles. The van der Waals surface area contributed by atoms with Gasteiger partial charge in [-0.05, 0) is 31.0 Å². The number of amides is 2. The third-order valence-corrected chi connectivity index (χ3v) is 6.03. The minimum atomic E-state index is -0.539. The summed E-state index contributed by atoms with van der Waals surface area (Å²) in [6.07, 6.45) is 1.37. The zero-order valence-corrected chi connectivity index (χ0v) is 16.7. The second-order valence-electron chi connectivity index (χ2n) is 6.37. The van der Waals surface area contributed by atoms with E-state index in [1.165, 1.54) is 17.4 Å². The van der Waals surface area contributed by atoms with Crippen LogP contribution in [0.15, 0.2) is 18.2 Å². The van der Waals surface area contributed by atoms with Gasteiger partial charge in [0.25, 0.3) is 5.91 Å². The molecular formula is C17H18Cl2N4O2S.